The van der Waals surface area contributed by atoms with E-state index < -0.39 is 0 Å². The van der Waals surface area contributed by atoms with Gasteiger partial charge >= 0.3 is 0 Å². The molecule has 130 valence electrons. The van der Waals surface area contributed by atoms with Crippen LogP contribution in [-0.2, 0) is 17.8 Å². The van der Waals surface area contributed by atoms with Crippen molar-refractivity contribution >= 4 is 5.91 Å². The summed E-state index contributed by atoms with van der Waals surface area (Å²) in [5.74, 6) is 2.78. The van der Waals surface area contributed by atoms with Crippen molar-refractivity contribution in [2.75, 3.05) is 6.54 Å². The van der Waals surface area contributed by atoms with E-state index in [4.69, 9.17) is 0 Å². The summed E-state index contributed by atoms with van der Waals surface area (Å²) in [6.07, 6.45) is 9.32. The maximum absolute atomic E-state index is 12.7. The van der Waals surface area contributed by atoms with Crippen LogP contribution in [0.25, 0.3) is 0 Å². The quantitative estimate of drug-likeness (QED) is 0.879. The van der Waals surface area contributed by atoms with E-state index in [1.807, 2.05) is 26.2 Å². The molecule has 1 atom stereocenters. The van der Waals surface area contributed by atoms with E-state index >= 15 is 0 Å². The summed E-state index contributed by atoms with van der Waals surface area (Å²) in [5, 5.41) is 6.94. The lowest BCUT2D eigenvalue weighted by Crippen LogP contribution is -2.44. The Kier molecular flexibility index (Phi) is 5.27. The monoisotopic (exact) mass is 330 g/mol. The Morgan fingerprint density at radius 3 is 2.96 bits per heavy atom. The van der Waals surface area contributed by atoms with Crippen LogP contribution < -0.4 is 0 Å². The number of aromatic amines is 1. The summed E-state index contributed by atoms with van der Waals surface area (Å²) in [7, 11) is 0. The van der Waals surface area contributed by atoms with E-state index in [1.54, 1.807) is 0 Å². The largest absolute Gasteiger partial charge is 0.340 e. The first-order valence-corrected chi connectivity index (χ1v) is 8.78. The number of aryl methyl sites for hydroxylation is 4. The summed E-state index contributed by atoms with van der Waals surface area (Å²) >= 11 is 0. The Labute approximate surface area is 142 Å². The van der Waals surface area contributed by atoms with E-state index in [2.05, 4.69) is 29.6 Å². The van der Waals surface area contributed by atoms with Crippen molar-refractivity contribution in [1.82, 2.24) is 29.6 Å². The Morgan fingerprint density at radius 2 is 2.25 bits per heavy atom. The van der Waals surface area contributed by atoms with Crippen LogP contribution in [0.15, 0.2) is 12.4 Å². The molecule has 1 aliphatic rings. The highest BCUT2D eigenvalue weighted by Gasteiger charge is 2.26. The maximum atomic E-state index is 12.7. The molecule has 3 rings (SSSR count). The van der Waals surface area contributed by atoms with Gasteiger partial charge in [-0.1, -0.05) is 0 Å². The number of hydrogen-bond donors (Lipinski definition) is 1. The van der Waals surface area contributed by atoms with Gasteiger partial charge in [0, 0.05) is 44.4 Å². The van der Waals surface area contributed by atoms with Crippen molar-refractivity contribution < 1.29 is 4.79 Å². The molecule has 0 saturated carbocycles. The number of piperidine rings is 1. The topological polar surface area (TPSA) is 79.7 Å². The second-order valence-electron chi connectivity index (χ2n) is 6.53. The number of likely N-dealkylation sites (tertiary alicyclic amines) is 1. The van der Waals surface area contributed by atoms with Gasteiger partial charge in [-0.3, -0.25) is 9.89 Å². The number of carbonyl (C=O) groups is 1. The summed E-state index contributed by atoms with van der Waals surface area (Å²) < 4.78 is 2.16. The van der Waals surface area contributed by atoms with Gasteiger partial charge in [0.05, 0.1) is 0 Å². The van der Waals surface area contributed by atoms with Crippen LogP contribution in [0.4, 0.5) is 0 Å². The Bertz CT molecular complexity index is 676. The van der Waals surface area contributed by atoms with Gasteiger partial charge in [-0.25, -0.2) is 9.97 Å². The van der Waals surface area contributed by atoms with Gasteiger partial charge < -0.3 is 9.47 Å². The minimum Gasteiger partial charge on any atom is -0.340 e. The highest BCUT2D eigenvalue weighted by atomic mass is 16.2. The molecule has 7 heteroatoms. The lowest BCUT2D eigenvalue weighted by atomic mass is 9.98. The first kappa shape index (κ1) is 16.7. The smallest absolute Gasteiger partial charge is 0.223 e. The molecule has 7 nitrogen and oxygen atoms in total. The lowest BCUT2D eigenvalue weighted by Gasteiger charge is -2.36. The fourth-order valence-corrected chi connectivity index (χ4v) is 3.42. The van der Waals surface area contributed by atoms with Crippen molar-refractivity contribution in [2.24, 2.45) is 0 Å². The first-order valence-electron chi connectivity index (χ1n) is 8.78. The highest BCUT2D eigenvalue weighted by Crippen LogP contribution is 2.21. The molecule has 1 N–H and O–H groups in total. The Morgan fingerprint density at radius 1 is 1.38 bits per heavy atom. The van der Waals surface area contributed by atoms with Crippen LogP contribution in [0.2, 0.25) is 0 Å². The number of nitrogens with one attached hydrogen (secondary N) is 1. The van der Waals surface area contributed by atoms with Gasteiger partial charge in [0.2, 0.25) is 5.91 Å². The van der Waals surface area contributed by atoms with Crippen LogP contribution in [0, 0.1) is 13.8 Å². The van der Waals surface area contributed by atoms with E-state index in [0.717, 1.165) is 49.8 Å². The minimum atomic E-state index is 0.226. The van der Waals surface area contributed by atoms with Crippen LogP contribution in [0.3, 0.4) is 0 Å². The van der Waals surface area contributed by atoms with Gasteiger partial charge in [0.25, 0.3) is 0 Å². The zero-order valence-corrected chi connectivity index (χ0v) is 14.5. The number of hydrogen-bond acceptors (Lipinski definition) is 4. The van der Waals surface area contributed by atoms with Crippen molar-refractivity contribution in [2.45, 2.75) is 65.0 Å². The average molecular weight is 330 g/mol. The molecular weight excluding hydrogens is 304 g/mol. The van der Waals surface area contributed by atoms with Gasteiger partial charge in [-0.15, -0.1) is 0 Å². The fourth-order valence-electron chi connectivity index (χ4n) is 3.42. The SMILES string of the molecule is Cc1nc(CCC(=O)N2CCCC[C@H]2CCn2ccnc2C)n[nH]1. The van der Waals surface area contributed by atoms with Crippen LogP contribution in [0.1, 0.15) is 49.6 Å². The number of aromatic nitrogens is 5. The van der Waals surface area contributed by atoms with Crippen molar-refractivity contribution in [3.05, 3.63) is 29.9 Å². The molecule has 24 heavy (non-hydrogen) atoms. The summed E-state index contributed by atoms with van der Waals surface area (Å²) in [6.45, 7) is 5.68. The van der Waals surface area contributed by atoms with Crippen LogP contribution in [-0.4, -0.2) is 48.1 Å². The number of imidazole rings is 1. The molecule has 1 aliphatic heterocycles. The van der Waals surface area contributed by atoms with Gasteiger partial charge in [0.1, 0.15) is 11.6 Å². The van der Waals surface area contributed by atoms with E-state index in [0.29, 0.717) is 18.9 Å². The third kappa shape index (κ3) is 4.01. The van der Waals surface area contributed by atoms with Gasteiger partial charge in [-0.05, 0) is 39.5 Å². The van der Waals surface area contributed by atoms with E-state index in [-0.39, 0.29) is 5.91 Å². The molecule has 0 aliphatic carbocycles. The predicted molar refractivity (Wildman–Crippen MR) is 90.4 cm³/mol. The summed E-state index contributed by atoms with van der Waals surface area (Å²) in [6, 6.07) is 0.335. The normalized spacial score (nSPS) is 18.1. The molecule has 3 heterocycles. The van der Waals surface area contributed by atoms with Gasteiger partial charge in [0.15, 0.2) is 5.82 Å². The number of amides is 1. The van der Waals surface area contributed by atoms with Crippen LogP contribution >= 0.6 is 0 Å². The molecule has 1 saturated heterocycles. The third-order valence-electron chi connectivity index (χ3n) is 4.78. The molecule has 0 bridgehead atoms. The summed E-state index contributed by atoms with van der Waals surface area (Å²) in [4.78, 5) is 23.3. The maximum Gasteiger partial charge on any atom is 0.223 e. The lowest BCUT2D eigenvalue weighted by molar-refractivity contribution is -0.135. The molecule has 0 radical (unpaired) electrons. The zero-order chi connectivity index (χ0) is 16.9. The Hall–Kier alpha value is -2.18. The van der Waals surface area contributed by atoms with E-state index in [1.165, 1.54) is 6.42 Å². The first-order chi connectivity index (χ1) is 11.6. The van der Waals surface area contributed by atoms with Crippen molar-refractivity contribution in [3.63, 3.8) is 0 Å². The molecule has 2 aromatic heterocycles. The summed E-state index contributed by atoms with van der Waals surface area (Å²) in [5.41, 5.74) is 0. The fraction of sp³-hybridized carbons (Fsp3) is 0.647. The highest BCUT2D eigenvalue weighted by molar-refractivity contribution is 5.76. The van der Waals surface area contributed by atoms with Crippen LogP contribution in [0.5, 0.6) is 0 Å². The second-order valence-corrected chi connectivity index (χ2v) is 6.53. The molecule has 1 amide bonds. The minimum absolute atomic E-state index is 0.226. The molecule has 2 aromatic rings. The number of H-pyrrole nitrogens is 1. The number of rotatable bonds is 6. The zero-order valence-electron chi connectivity index (χ0n) is 14.5. The van der Waals surface area contributed by atoms with Gasteiger partial charge in [-0.2, -0.15) is 5.10 Å². The van der Waals surface area contributed by atoms with Crippen molar-refractivity contribution in [3.8, 4) is 0 Å². The molecular formula is C17H26N6O. The van der Waals surface area contributed by atoms with Crippen molar-refractivity contribution in [1.29, 1.82) is 0 Å². The predicted octanol–water partition coefficient (Wildman–Crippen LogP) is 2.02. The van der Waals surface area contributed by atoms with E-state index in [9.17, 15) is 4.79 Å². The number of nitrogens with zero attached hydrogens (tertiary/aromatic N) is 5. The third-order valence-corrected chi connectivity index (χ3v) is 4.78. The standard InChI is InChI=1S/C17H26N6O/c1-13-19-16(21-20-13)6-7-17(24)23-10-4-3-5-15(23)8-11-22-12-9-18-14(22)2/h9,12,15H,3-8,10-11H2,1-2H3,(H,19,20,21)/t15-/m0/s1. The molecule has 0 spiro atoms. The molecule has 1 fully saturated rings. The second kappa shape index (κ2) is 7.59. The Balaban J connectivity index is 1.54. The molecule has 0 aromatic carbocycles. The molecule has 0 unspecified atom stereocenters. The average Bonchev–Trinajstić information content (AvgIpc) is 3.19. The number of carbonyl (C=O) groups excluding carboxylic acids is 1.